The number of hydrogen-bond donors (Lipinski definition) is 1. The van der Waals surface area contributed by atoms with Crippen LogP contribution >= 0.6 is 0 Å². The van der Waals surface area contributed by atoms with Crippen LogP contribution in [-0.4, -0.2) is 39.3 Å². The average Bonchev–Trinajstić information content (AvgIpc) is 2.72. The van der Waals surface area contributed by atoms with E-state index in [1.54, 1.807) is 0 Å². The van der Waals surface area contributed by atoms with E-state index in [-0.39, 0.29) is 6.61 Å². The van der Waals surface area contributed by atoms with Crippen LogP contribution in [0.1, 0.15) is 57.2 Å². The van der Waals surface area contributed by atoms with Gasteiger partial charge in [-0.05, 0) is 19.3 Å². The predicted molar refractivity (Wildman–Crippen MR) is 68.1 cm³/mol. The Morgan fingerprint density at radius 3 is 2.72 bits per heavy atom. The Balaban J connectivity index is 1.93. The molecule has 0 amide bonds. The van der Waals surface area contributed by atoms with Gasteiger partial charge in [0.05, 0.1) is 6.54 Å². The van der Waals surface area contributed by atoms with E-state index in [2.05, 4.69) is 28.9 Å². The molecule has 0 spiro atoms. The van der Waals surface area contributed by atoms with Gasteiger partial charge in [0.2, 0.25) is 5.89 Å². The maximum Gasteiger partial charge on any atom is 0.240 e. The van der Waals surface area contributed by atoms with E-state index in [4.69, 9.17) is 9.63 Å². The summed E-state index contributed by atoms with van der Waals surface area (Å²) in [4.78, 5) is 6.77. The summed E-state index contributed by atoms with van der Waals surface area (Å²) in [7, 11) is 0. The van der Waals surface area contributed by atoms with Crippen molar-refractivity contribution in [3.63, 3.8) is 0 Å². The topological polar surface area (TPSA) is 62.4 Å². The Hall–Kier alpha value is -0.940. The molecule has 0 unspecified atom stereocenters. The molecule has 102 valence electrons. The summed E-state index contributed by atoms with van der Waals surface area (Å²) in [5, 5.41) is 12.9. The van der Waals surface area contributed by atoms with Crippen LogP contribution in [0.3, 0.4) is 0 Å². The summed E-state index contributed by atoms with van der Waals surface area (Å²) in [5.41, 5.74) is 0. The molecule has 5 heteroatoms. The lowest BCUT2D eigenvalue weighted by molar-refractivity contribution is 0.0969. The molecule has 1 N–H and O–H groups in total. The van der Waals surface area contributed by atoms with Crippen LogP contribution in [0, 0.1) is 0 Å². The smallest absolute Gasteiger partial charge is 0.240 e. The largest absolute Gasteiger partial charge is 0.396 e. The van der Waals surface area contributed by atoms with Crippen LogP contribution < -0.4 is 0 Å². The van der Waals surface area contributed by atoms with Crippen molar-refractivity contribution in [1.29, 1.82) is 0 Å². The van der Waals surface area contributed by atoms with Crippen molar-refractivity contribution >= 4 is 0 Å². The van der Waals surface area contributed by atoms with Gasteiger partial charge in [-0.3, -0.25) is 4.90 Å². The number of hydrogen-bond acceptors (Lipinski definition) is 5. The van der Waals surface area contributed by atoms with Gasteiger partial charge in [0.15, 0.2) is 5.82 Å². The van der Waals surface area contributed by atoms with Crippen molar-refractivity contribution in [2.24, 2.45) is 0 Å². The Bertz CT molecular complexity index is 361. The van der Waals surface area contributed by atoms with Crippen molar-refractivity contribution in [2.75, 3.05) is 13.2 Å². The maximum atomic E-state index is 8.95. The normalized spacial score (nSPS) is 16.5. The number of rotatable bonds is 7. The number of aromatic nitrogens is 2. The highest BCUT2D eigenvalue weighted by Crippen LogP contribution is 2.26. The van der Waals surface area contributed by atoms with Crippen LogP contribution in [0.5, 0.6) is 0 Å². The van der Waals surface area contributed by atoms with Gasteiger partial charge in [0.25, 0.3) is 0 Å². The van der Waals surface area contributed by atoms with E-state index >= 15 is 0 Å². The minimum atomic E-state index is 0.240. The highest BCUT2D eigenvalue weighted by molar-refractivity contribution is 4.92. The molecule has 1 aromatic heterocycles. The predicted octanol–water partition coefficient (Wildman–Crippen LogP) is 1.93. The van der Waals surface area contributed by atoms with Crippen molar-refractivity contribution in [3.8, 4) is 0 Å². The van der Waals surface area contributed by atoms with Gasteiger partial charge < -0.3 is 9.63 Å². The monoisotopic (exact) mass is 253 g/mol. The molecule has 18 heavy (non-hydrogen) atoms. The van der Waals surface area contributed by atoms with Crippen LogP contribution in [0.4, 0.5) is 0 Å². The zero-order valence-corrected chi connectivity index (χ0v) is 11.3. The van der Waals surface area contributed by atoms with Crippen LogP contribution in [0.25, 0.3) is 0 Å². The van der Waals surface area contributed by atoms with Gasteiger partial charge in [0.1, 0.15) is 0 Å². The van der Waals surface area contributed by atoms with Crippen LogP contribution in [-0.2, 0) is 6.54 Å². The lowest BCUT2D eigenvalue weighted by Crippen LogP contribution is -2.40. The van der Waals surface area contributed by atoms with Gasteiger partial charge in [0, 0.05) is 25.1 Å². The first kappa shape index (κ1) is 13.5. The van der Waals surface area contributed by atoms with Crippen molar-refractivity contribution in [3.05, 3.63) is 11.7 Å². The summed E-state index contributed by atoms with van der Waals surface area (Å²) in [5.74, 6) is 1.78. The minimum absolute atomic E-state index is 0.240. The summed E-state index contributed by atoms with van der Waals surface area (Å²) in [6.45, 7) is 5.98. The summed E-state index contributed by atoms with van der Waals surface area (Å²) >= 11 is 0. The fraction of sp³-hybridized carbons (Fsp3) is 0.846. The van der Waals surface area contributed by atoms with Gasteiger partial charge in [-0.15, -0.1) is 0 Å². The first-order chi connectivity index (χ1) is 8.70. The van der Waals surface area contributed by atoms with Crippen LogP contribution in [0.15, 0.2) is 4.52 Å². The minimum Gasteiger partial charge on any atom is -0.396 e. The molecule has 0 saturated heterocycles. The molecule has 1 aromatic rings. The van der Waals surface area contributed by atoms with Crippen molar-refractivity contribution in [2.45, 2.75) is 58.0 Å². The molecule has 1 saturated carbocycles. The Kier molecular flexibility index (Phi) is 4.72. The Morgan fingerprint density at radius 2 is 2.22 bits per heavy atom. The molecule has 1 heterocycles. The molecule has 0 radical (unpaired) electrons. The lowest BCUT2D eigenvalue weighted by Gasteiger charge is -2.36. The summed E-state index contributed by atoms with van der Waals surface area (Å²) < 4.78 is 5.29. The van der Waals surface area contributed by atoms with Gasteiger partial charge in [-0.1, -0.05) is 25.4 Å². The average molecular weight is 253 g/mol. The quantitative estimate of drug-likeness (QED) is 0.804. The Labute approximate surface area is 108 Å². The van der Waals surface area contributed by atoms with Crippen molar-refractivity contribution < 1.29 is 9.63 Å². The zero-order valence-electron chi connectivity index (χ0n) is 11.3. The second kappa shape index (κ2) is 6.29. The van der Waals surface area contributed by atoms with E-state index in [1.807, 2.05) is 0 Å². The molecule has 0 atom stereocenters. The first-order valence-electron chi connectivity index (χ1n) is 6.88. The third-order valence-electron chi connectivity index (χ3n) is 3.53. The molecule has 0 aliphatic heterocycles. The fourth-order valence-corrected chi connectivity index (χ4v) is 2.16. The van der Waals surface area contributed by atoms with Gasteiger partial charge in [-0.2, -0.15) is 4.98 Å². The van der Waals surface area contributed by atoms with E-state index in [0.29, 0.717) is 24.4 Å². The van der Waals surface area contributed by atoms with E-state index < -0.39 is 0 Å². The first-order valence-corrected chi connectivity index (χ1v) is 6.88. The Morgan fingerprint density at radius 1 is 1.44 bits per heavy atom. The second-order valence-corrected chi connectivity index (χ2v) is 5.33. The summed E-state index contributed by atoms with van der Waals surface area (Å²) in [6.07, 6.45) is 4.61. The molecule has 1 aliphatic rings. The molecule has 1 fully saturated rings. The molecular weight excluding hydrogens is 230 g/mol. The van der Waals surface area contributed by atoms with Crippen LogP contribution in [0.2, 0.25) is 0 Å². The SMILES string of the molecule is CC(C)c1noc(CN(CCCO)C2CCC2)n1. The van der Waals surface area contributed by atoms with Crippen molar-refractivity contribution in [1.82, 2.24) is 15.0 Å². The standard InChI is InChI=1S/C13H23N3O2/c1-10(2)13-14-12(18-15-13)9-16(7-4-8-17)11-5-3-6-11/h10-11,17H,3-9H2,1-2H3. The number of nitrogens with zero attached hydrogens (tertiary/aromatic N) is 3. The molecule has 0 aromatic carbocycles. The lowest BCUT2D eigenvalue weighted by atomic mass is 9.91. The van der Waals surface area contributed by atoms with Gasteiger partial charge in [-0.25, -0.2) is 0 Å². The molecule has 2 rings (SSSR count). The van der Waals surface area contributed by atoms with Gasteiger partial charge >= 0.3 is 0 Å². The third-order valence-corrected chi connectivity index (χ3v) is 3.53. The highest BCUT2D eigenvalue weighted by atomic mass is 16.5. The van der Waals surface area contributed by atoms with E-state index in [0.717, 1.165) is 18.8 Å². The third kappa shape index (κ3) is 3.29. The zero-order chi connectivity index (χ0) is 13.0. The second-order valence-electron chi connectivity index (χ2n) is 5.33. The molecular formula is C13H23N3O2. The number of aliphatic hydroxyl groups excluding tert-OH is 1. The van der Waals surface area contributed by atoms with E-state index in [9.17, 15) is 0 Å². The van der Waals surface area contributed by atoms with E-state index in [1.165, 1.54) is 19.3 Å². The number of aliphatic hydroxyl groups is 1. The summed E-state index contributed by atoms with van der Waals surface area (Å²) in [6, 6.07) is 0.631. The fourth-order valence-electron chi connectivity index (χ4n) is 2.16. The molecule has 5 nitrogen and oxygen atoms in total. The molecule has 1 aliphatic carbocycles. The highest BCUT2D eigenvalue weighted by Gasteiger charge is 2.26. The molecule has 0 bridgehead atoms. The maximum absolute atomic E-state index is 8.95.